The quantitative estimate of drug-likeness (QED) is 0.415. The summed E-state index contributed by atoms with van der Waals surface area (Å²) in [6.07, 6.45) is 7.99. The summed E-state index contributed by atoms with van der Waals surface area (Å²) in [6, 6.07) is 8.39. The van der Waals surface area contributed by atoms with Crippen LogP contribution in [-0.2, 0) is 0 Å². The van der Waals surface area contributed by atoms with Crippen LogP contribution in [0.15, 0.2) is 61.9 Å². The van der Waals surface area contributed by atoms with Gasteiger partial charge >= 0.3 is 0 Å². The number of hydrogen-bond acceptors (Lipinski definition) is 1. The van der Waals surface area contributed by atoms with Gasteiger partial charge in [0, 0.05) is 70.0 Å². The van der Waals surface area contributed by atoms with Crippen LogP contribution < -0.4 is 0 Å². The van der Waals surface area contributed by atoms with Crippen molar-refractivity contribution in [1.29, 1.82) is 0 Å². The van der Waals surface area contributed by atoms with Gasteiger partial charge in [-0.25, -0.2) is 0 Å². The van der Waals surface area contributed by atoms with Crippen LogP contribution in [0.25, 0.3) is 34.2 Å². The van der Waals surface area contributed by atoms with Crippen molar-refractivity contribution in [2.45, 2.75) is 20.8 Å². The molecule has 3 heteroatoms. The van der Waals surface area contributed by atoms with Crippen molar-refractivity contribution in [3.8, 4) is 0 Å². The minimum absolute atomic E-state index is 0.935. The molecule has 0 radical (unpaired) electrons. The van der Waals surface area contributed by atoms with Crippen LogP contribution in [0.5, 0.6) is 0 Å². The lowest BCUT2D eigenvalue weighted by atomic mass is 9.88. The molecule has 154 valence electrons. The van der Waals surface area contributed by atoms with E-state index in [0.29, 0.717) is 0 Å². The van der Waals surface area contributed by atoms with Crippen molar-refractivity contribution in [3.05, 3.63) is 95.6 Å². The third-order valence-corrected chi connectivity index (χ3v) is 5.51. The monoisotopic (exact) mass is 397 g/mol. The predicted octanol–water partition coefficient (Wildman–Crippen LogP) is 6.96. The number of allylic oxidation sites excluding steroid dienone is 4. The average molecular weight is 398 g/mol. The zero-order valence-electron chi connectivity index (χ0n) is 18.7. The highest BCUT2D eigenvalue weighted by molar-refractivity contribution is 6.10. The Labute approximate surface area is 179 Å². The molecular formula is C27H31N3. The van der Waals surface area contributed by atoms with E-state index in [1.807, 2.05) is 33.2 Å². The minimum Gasteiger partial charge on any atom is -0.378 e. The number of fused-ring (bicyclic) bond motifs is 1. The topological polar surface area (TPSA) is 34.8 Å². The molecule has 0 saturated carbocycles. The molecule has 0 aliphatic heterocycles. The first kappa shape index (κ1) is 21.3. The molecule has 2 aromatic heterocycles. The summed E-state index contributed by atoms with van der Waals surface area (Å²) in [4.78, 5) is 9.08. The molecule has 3 aromatic rings. The highest BCUT2D eigenvalue weighted by Gasteiger charge is 2.23. The van der Waals surface area contributed by atoms with E-state index >= 15 is 0 Å². The molecule has 0 spiro atoms. The maximum atomic E-state index is 4.44. The molecule has 30 heavy (non-hydrogen) atoms. The van der Waals surface area contributed by atoms with Crippen LogP contribution in [0.4, 0.5) is 0 Å². The van der Waals surface area contributed by atoms with Gasteiger partial charge in [-0.2, -0.15) is 0 Å². The number of aromatic nitrogens is 2. The Kier molecular flexibility index (Phi) is 6.02. The van der Waals surface area contributed by atoms with E-state index in [0.717, 1.165) is 56.1 Å². The molecule has 3 rings (SSSR count). The number of hydrogen-bond donors (Lipinski definition) is 2. The number of benzene rings is 1. The Morgan fingerprint density at radius 1 is 1.00 bits per heavy atom. The van der Waals surface area contributed by atoms with Crippen LogP contribution in [0, 0.1) is 13.8 Å². The maximum absolute atomic E-state index is 4.44. The Morgan fingerprint density at radius 3 is 2.27 bits per heavy atom. The number of para-hydroxylation sites is 1. The molecule has 1 aromatic carbocycles. The minimum atomic E-state index is 0.935. The van der Waals surface area contributed by atoms with Crippen molar-refractivity contribution in [2.75, 3.05) is 14.1 Å². The third-order valence-electron chi connectivity index (χ3n) is 5.51. The summed E-state index contributed by atoms with van der Waals surface area (Å²) < 4.78 is 0. The molecule has 0 aliphatic carbocycles. The lowest BCUT2D eigenvalue weighted by Crippen LogP contribution is -2.13. The first-order chi connectivity index (χ1) is 14.3. The number of rotatable bonds is 7. The normalized spacial score (nSPS) is 12.3. The van der Waals surface area contributed by atoms with Crippen LogP contribution in [0.2, 0.25) is 0 Å². The van der Waals surface area contributed by atoms with Crippen LogP contribution in [0.3, 0.4) is 0 Å². The van der Waals surface area contributed by atoms with E-state index in [-0.39, 0.29) is 0 Å². The van der Waals surface area contributed by atoms with Crippen LogP contribution in [-0.4, -0.2) is 29.0 Å². The summed E-state index contributed by atoms with van der Waals surface area (Å²) in [5.74, 6) is 0. The van der Waals surface area contributed by atoms with Crippen molar-refractivity contribution in [2.24, 2.45) is 0 Å². The molecule has 0 atom stereocenters. The van der Waals surface area contributed by atoms with Gasteiger partial charge in [0.15, 0.2) is 0 Å². The molecule has 3 nitrogen and oxygen atoms in total. The van der Waals surface area contributed by atoms with E-state index in [1.165, 1.54) is 5.39 Å². The highest BCUT2D eigenvalue weighted by Crippen LogP contribution is 2.41. The van der Waals surface area contributed by atoms with Gasteiger partial charge in [0.1, 0.15) is 0 Å². The SMILES string of the molecule is C=C/C(=C(\C(=C)N(C)C)c1c(C)[nH]c2ccccc12)c1c(C)[nH]c(C=C)c1/C=C\C. The standard InChI is InChI=1S/C27H31N3/c1-9-14-21-23(11-3)28-17(4)25(21)20(10-2)27(19(6)30(7)8)26-18(5)29-24-16-13-12-15-22(24)26/h9-16,28-29H,2-3,6H2,1,4-5,7-8H3/b14-9-,27-20-. The third kappa shape index (κ3) is 3.48. The lowest BCUT2D eigenvalue weighted by molar-refractivity contribution is 0.537. The molecule has 0 saturated heterocycles. The maximum Gasteiger partial charge on any atom is 0.0462 e. The van der Waals surface area contributed by atoms with Crippen molar-refractivity contribution in [3.63, 3.8) is 0 Å². The largest absolute Gasteiger partial charge is 0.378 e. The van der Waals surface area contributed by atoms with Gasteiger partial charge < -0.3 is 14.9 Å². The summed E-state index contributed by atoms with van der Waals surface area (Å²) in [7, 11) is 4.05. The van der Waals surface area contributed by atoms with Crippen molar-refractivity contribution >= 4 is 34.2 Å². The number of aryl methyl sites for hydroxylation is 2. The average Bonchev–Trinajstić information content (AvgIpc) is 3.21. The van der Waals surface area contributed by atoms with Crippen LogP contribution >= 0.6 is 0 Å². The fraction of sp³-hybridized carbons (Fsp3) is 0.185. The molecule has 0 aliphatic rings. The van der Waals surface area contributed by atoms with Gasteiger partial charge in [-0.15, -0.1) is 0 Å². The van der Waals surface area contributed by atoms with E-state index in [4.69, 9.17) is 0 Å². The fourth-order valence-corrected chi connectivity index (χ4v) is 4.10. The molecule has 2 heterocycles. The second kappa shape index (κ2) is 8.50. The summed E-state index contributed by atoms with van der Waals surface area (Å²) in [5.41, 5.74) is 10.8. The van der Waals surface area contributed by atoms with Gasteiger partial charge in [0.2, 0.25) is 0 Å². The Hall–Kier alpha value is -3.46. The van der Waals surface area contributed by atoms with E-state index in [1.54, 1.807) is 0 Å². The van der Waals surface area contributed by atoms with Crippen molar-refractivity contribution in [1.82, 2.24) is 14.9 Å². The number of likely N-dealkylation sites (N-methyl/N-ethyl adjacent to an activating group) is 1. The van der Waals surface area contributed by atoms with Crippen LogP contribution in [0.1, 0.15) is 40.7 Å². The fourth-order valence-electron chi connectivity index (χ4n) is 4.10. The Bertz CT molecular complexity index is 1190. The molecule has 2 N–H and O–H groups in total. The summed E-state index contributed by atoms with van der Waals surface area (Å²) in [6.45, 7) is 18.9. The van der Waals surface area contributed by atoms with Gasteiger partial charge in [0.05, 0.1) is 0 Å². The molecular weight excluding hydrogens is 366 g/mol. The number of aromatic amines is 2. The summed E-state index contributed by atoms with van der Waals surface area (Å²) >= 11 is 0. The summed E-state index contributed by atoms with van der Waals surface area (Å²) in [5, 5.41) is 1.18. The second-order valence-corrected chi connectivity index (χ2v) is 7.66. The second-order valence-electron chi connectivity index (χ2n) is 7.66. The van der Waals surface area contributed by atoms with E-state index in [2.05, 4.69) is 84.9 Å². The van der Waals surface area contributed by atoms with E-state index in [9.17, 15) is 0 Å². The molecule has 0 amide bonds. The molecule has 0 bridgehead atoms. The Balaban J connectivity index is 2.51. The number of nitrogens with one attached hydrogen (secondary N) is 2. The van der Waals surface area contributed by atoms with Gasteiger partial charge in [0.25, 0.3) is 0 Å². The Morgan fingerprint density at radius 2 is 1.67 bits per heavy atom. The number of H-pyrrole nitrogens is 2. The highest BCUT2D eigenvalue weighted by atomic mass is 15.1. The first-order valence-corrected chi connectivity index (χ1v) is 10.1. The van der Waals surface area contributed by atoms with Gasteiger partial charge in [-0.3, -0.25) is 0 Å². The zero-order valence-corrected chi connectivity index (χ0v) is 18.7. The zero-order chi connectivity index (χ0) is 22.0. The first-order valence-electron chi connectivity index (χ1n) is 10.1. The van der Waals surface area contributed by atoms with Gasteiger partial charge in [-0.05, 0) is 38.5 Å². The smallest absolute Gasteiger partial charge is 0.0462 e. The molecule has 0 fully saturated rings. The lowest BCUT2D eigenvalue weighted by Gasteiger charge is -2.23. The number of nitrogens with zero attached hydrogens (tertiary/aromatic N) is 1. The molecule has 0 unspecified atom stereocenters. The van der Waals surface area contributed by atoms with Crippen molar-refractivity contribution < 1.29 is 0 Å². The van der Waals surface area contributed by atoms with E-state index < -0.39 is 0 Å². The van der Waals surface area contributed by atoms with Gasteiger partial charge in [-0.1, -0.05) is 56.2 Å². The predicted molar refractivity (Wildman–Crippen MR) is 133 cm³/mol.